The maximum absolute atomic E-state index is 11.5. The fourth-order valence-corrected chi connectivity index (χ4v) is 3.14. The third-order valence-corrected chi connectivity index (χ3v) is 4.21. The summed E-state index contributed by atoms with van der Waals surface area (Å²) < 4.78 is 5.32. The minimum absolute atomic E-state index is 0. The van der Waals surface area contributed by atoms with Crippen LogP contribution in [0.1, 0.15) is 38.5 Å². The number of rotatable bonds is 3. The number of carboxylic acids is 1. The molecule has 100 valence electrons. The minimum atomic E-state index is -0.624. The minimum Gasteiger partial charge on any atom is -0.480 e. The van der Waals surface area contributed by atoms with E-state index in [2.05, 4.69) is 4.90 Å². The van der Waals surface area contributed by atoms with Gasteiger partial charge < -0.3 is 9.84 Å². The molecule has 0 spiro atoms. The van der Waals surface area contributed by atoms with Crippen LogP contribution in [0.15, 0.2) is 0 Å². The number of aliphatic carboxylic acids is 1. The van der Waals surface area contributed by atoms with Crippen molar-refractivity contribution in [3.63, 3.8) is 0 Å². The Labute approximate surface area is 109 Å². The van der Waals surface area contributed by atoms with Gasteiger partial charge in [-0.3, -0.25) is 9.69 Å². The van der Waals surface area contributed by atoms with Gasteiger partial charge in [-0.05, 0) is 25.7 Å². The molecule has 1 N–H and O–H groups in total. The van der Waals surface area contributed by atoms with Gasteiger partial charge in [-0.1, -0.05) is 12.8 Å². The van der Waals surface area contributed by atoms with Gasteiger partial charge in [0.1, 0.15) is 5.54 Å². The number of nitrogens with zero attached hydrogens (tertiary/aromatic N) is 1. The average molecular weight is 264 g/mol. The summed E-state index contributed by atoms with van der Waals surface area (Å²) in [4.78, 5) is 13.7. The predicted octanol–water partition coefficient (Wildman–Crippen LogP) is 1.92. The molecular weight excluding hydrogens is 242 g/mol. The first kappa shape index (κ1) is 14.7. The molecule has 2 fully saturated rings. The lowest BCUT2D eigenvalue weighted by Crippen LogP contribution is -2.56. The van der Waals surface area contributed by atoms with Crippen molar-refractivity contribution in [2.45, 2.75) is 50.2 Å². The van der Waals surface area contributed by atoms with Gasteiger partial charge in [0.25, 0.3) is 0 Å². The van der Waals surface area contributed by atoms with Gasteiger partial charge in [0.15, 0.2) is 0 Å². The number of ether oxygens (including phenoxy) is 1. The Bertz CT molecular complexity index is 258. The van der Waals surface area contributed by atoms with Gasteiger partial charge >= 0.3 is 5.97 Å². The molecular formula is C12H22ClNO3. The van der Waals surface area contributed by atoms with Gasteiger partial charge in [-0.2, -0.15) is 0 Å². The van der Waals surface area contributed by atoms with Crippen molar-refractivity contribution in [3.05, 3.63) is 0 Å². The Morgan fingerprint density at radius 1 is 1.29 bits per heavy atom. The van der Waals surface area contributed by atoms with Crippen molar-refractivity contribution in [2.24, 2.45) is 0 Å². The molecule has 17 heavy (non-hydrogen) atoms. The lowest BCUT2D eigenvalue weighted by molar-refractivity contribution is -0.153. The van der Waals surface area contributed by atoms with E-state index in [9.17, 15) is 9.90 Å². The fourth-order valence-electron chi connectivity index (χ4n) is 3.14. The molecule has 4 nitrogen and oxygen atoms in total. The van der Waals surface area contributed by atoms with E-state index in [1.165, 1.54) is 0 Å². The van der Waals surface area contributed by atoms with E-state index >= 15 is 0 Å². The molecule has 1 aliphatic heterocycles. The summed E-state index contributed by atoms with van der Waals surface area (Å²) in [7, 11) is 1.74. The monoisotopic (exact) mass is 263 g/mol. The van der Waals surface area contributed by atoms with Crippen LogP contribution in [0.2, 0.25) is 0 Å². The third-order valence-electron chi connectivity index (χ3n) is 4.21. The number of halogens is 1. The zero-order chi connectivity index (χ0) is 11.6. The quantitative estimate of drug-likeness (QED) is 0.845. The number of methoxy groups -OCH3 is 1. The highest BCUT2D eigenvalue weighted by Crippen LogP contribution is 2.37. The molecule has 1 saturated heterocycles. The number of hydrogen-bond donors (Lipinski definition) is 1. The second-order valence-corrected chi connectivity index (χ2v) is 4.97. The van der Waals surface area contributed by atoms with Crippen molar-refractivity contribution >= 4 is 18.4 Å². The Hall–Kier alpha value is -0.320. The molecule has 1 saturated carbocycles. The van der Waals surface area contributed by atoms with Crippen LogP contribution in [0.3, 0.4) is 0 Å². The number of likely N-dealkylation sites (tertiary alicyclic amines) is 1. The molecule has 0 aromatic rings. The number of piperidine rings is 1. The Morgan fingerprint density at radius 2 is 1.82 bits per heavy atom. The van der Waals surface area contributed by atoms with E-state index in [1.807, 2.05) is 0 Å². The Kier molecular flexibility index (Phi) is 5.22. The summed E-state index contributed by atoms with van der Waals surface area (Å²) in [5, 5.41) is 9.47. The smallest absolute Gasteiger partial charge is 0.324 e. The second-order valence-electron chi connectivity index (χ2n) is 4.97. The van der Waals surface area contributed by atoms with E-state index in [0.29, 0.717) is 6.10 Å². The molecule has 2 aliphatic rings. The van der Waals surface area contributed by atoms with Gasteiger partial charge in [0, 0.05) is 20.2 Å². The van der Waals surface area contributed by atoms with E-state index in [0.717, 1.165) is 51.6 Å². The molecule has 0 amide bonds. The van der Waals surface area contributed by atoms with Crippen molar-refractivity contribution in [1.82, 2.24) is 4.90 Å². The molecule has 0 bridgehead atoms. The van der Waals surface area contributed by atoms with Gasteiger partial charge in [-0.15, -0.1) is 12.4 Å². The van der Waals surface area contributed by atoms with E-state index in [1.54, 1.807) is 7.11 Å². The molecule has 2 rings (SSSR count). The van der Waals surface area contributed by atoms with Crippen molar-refractivity contribution in [1.29, 1.82) is 0 Å². The maximum Gasteiger partial charge on any atom is 0.324 e. The SMILES string of the molecule is COC1CCN(C2(C(=O)O)CCCC2)CC1.Cl. The largest absolute Gasteiger partial charge is 0.480 e. The molecule has 1 heterocycles. The van der Waals surface area contributed by atoms with Crippen LogP contribution in [0, 0.1) is 0 Å². The van der Waals surface area contributed by atoms with E-state index in [4.69, 9.17) is 4.74 Å². The maximum atomic E-state index is 11.5. The van der Waals surface area contributed by atoms with E-state index in [-0.39, 0.29) is 12.4 Å². The Morgan fingerprint density at radius 3 is 2.24 bits per heavy atom. The van der Waals surface area contributed by atoms with Crippen molar-refractivity contribution < 1.29 is 14.6 Å². The molecule has 0 atom stereocenters. The highest BCUT2D eigenvalue weighted by atomic mass is 35.5. The highest BCUT2D eigenvalue weighted by Gasteiger charge is 2.47. The summed E-state index contributed by atoms with van der Waals surface area (Å²) in [6.07, 6.45) is 5.99. The number of carbonyl (C=O) groups is 1. The molecule has 1 aliphatic carbocycles. The lowest BCUT2D eigenvalue weighted by atomic mass is 9.92. The van der Waals surface area contributed by atoms with Crippen LogP contribution in [-0.4, -0.2) is 47.8 Å². The third kappa shape index (κ3) is 2.75. The summed E-state index contributed by atoms with van der Waals surface area (Å²) in [5.41, 5.74) is -0.557. The first-order valence-corrected chi connectivity index (χ1v) is 6.20. The second kappa shape index (κ2) is 6.03. The molecule has 0 unspecified atom stereocenters. The predicted molar refractivity (Wildman–Crippen MR) is 67.7 cm³/mol. The van der Waals surface area contributed by atoms with Gasteiger partial charge in [-0.25, -0.2) is 0 Å². The zero-order valence-electron chi connectivity index (χ0n) is 10.4. The van der Waals surface area contributed by atoms with Crippen LogP contribution in [0.4, 0.5) is 0 Å². The summed E-state index contributed by atoms with van der Waals surface area (Å²) in [5.74, 6) is -0.624. The number of hydrogen-bond acceptors (Lipinski definition) is 3. The van der Waals surface area contributed by atoms with Crippen LogP contribution in [0.25, 0.3) is 0 Å². The molecule has 5 heteroatoms. The normalized spacial score (nSPS) is 25.5. The first-order chi connectivity index (χ1) is 7.69. The summed E-state index contributed by atoms with van der Waals surface area (Å²) >= 11 is 0. The fraction of sp³-hybridized carbons (Fsp3) is 0.917. The number of carboxylic acid groups (broad SMARTS) is 1. The van der Waals surface area contributed by atoms with Gasteiger partial charge in [0.05, 0.1) is 6.10 Å². The van der Waals surface area contributed by atoms with Crippen molar-refractivity contribution in [2.75, 3.05) is 20.2 Å². The zero-order valence-corrected chi connectivity index (χ0v) is 11.2. The Balaban J connectivity index is 0.00000144. The first-order valence-electron chi connectivity index (χ1n) is 6.20. The lowest BCUT2D eigenvalue weighted by Gasteiger charge is -2.41. The highest BCUT2D eigenvalue weighted by molar-refractivity contribution is 5.85. The van der Waals surface area contributed by atoms with Crippen LogP contribution >= 0.6 is 12.4 Å². The molecule has 0 radical (unpaired) electrons. The molecule has 0 aromatic carbocycles. The summed E-state index contributed by atoms with van der Waals surface area (Å²) in [6.45, 7) is 1.73. The van der Waals surface area contributed by atoms with E-state index < -0.39 is 11.5 Å². The van der Waals surface area contributed by atoms with Crippen molar-refractivity contribution in [3.8, 4) is 0 Å². The standard InChI is InChI=1S/C12H21NO3.ClH/c1-16-10-4-8-13(9-5-10)12(11(14)15)6-2-3-7-12;/h10H,2-9H2,1H3,(H,14,15);1H. The topological polar surface area (TPSA) is 49.8 Å². The van der Waals surface area contributed by atoms with Gasteiger partial charge in [0.2, 0.25) is 0 Å². The van der Waals surface area contributed by atoms with Crippen LogP contribution in [0.5, 0.6) is 0 Å². The van der Waals surface area contributed by atoms with Crippen LogP contribution in [-0.2, 0) is 9.53 Å². The average Bonchev–Trinajstić information content (AvgIpc) is 2.79. The molecule has 0 aromatic heterocycles. The van der Waals surface area contributed by atoms with Crippen LogP contribution < -0.4 is 0 Å². The summed E-state index contributed by atoms with van der Waals surface area (Å²) in [6, 6.07) is 0.